The number of ether oxygens (including phenoxy) is 1. The van der Waals surface area contributed by atoms with Crippen LogP contribution < -0.4 is 4.90 Å². The molecule has 6 nitrogen and oxygen atoms in total. The highest BCUT2D eigenvalue weighted by molar-refractivity contribution is 7.91. The summed E-state index contributed by atoms with van der Waals surface area (Å²) in [5.41, 5.74) is 1.78. The predicted molar refractivity (Wildman–Crippen MR) is 128 cm³/mol. The Morgan fingerprint density at radius 3 is 2.72 bits per heavy atom. The van der Waals surface area contributed by atoms with Gasteiger partial charge in [-0.15, -0.1) is 0 Å². The van der Waals surface area contributed by atoms with E-state index >= 15 is 0 Å². The summed E-state index contributed by atoms with van der Waals surface area (Å²) in [6.45, 7) is 3.05. The number of rotatable bonds is 8. The van der Waals surface area contributed by atoms with Crippen LogP contribution >= 0.6 is 22.9 Å². The van der Waals surface area contributed by atoms with Crippen molar-refractivity contribution in [2.24, 2.45) is 0 Å². The minimum atomic E-state index is -3.43. The Balaban J connectivity index is 1.52. The molecule has 0 N–H and O–H groups in total. The highest BCUT2D eigenvalue weighted by atomic mass is 35.5. The van der Waals surface area contributed by atoms with E-state index in [9.17, 15) is 13.2 Å². The number of carbonyl (C=O) groups excluding carboxylic acids is 1. The van der Waals surface area contributed by atoms with E-state index in [0.717, 1.165) is 28.6 Å². The van der Waals surface area contributed by atoms with Crippen LogP contribution in [0.3, 0.4) is 0 Å². The fourth-order valence-corrected chi connectivity index (χ4v) is 6.45. The van der Waals surface area contributed by atoms with Crippen LogP contribution in [0.15, 0.2) is 47.4 Å². The smallest absolute Gasteiger partial charge is 0.228 e. The molecule has 1 saturated heterocycles. The van der Waals surface area contributed by atoms with Gasteiger partial charge >= 0.3 is 0 Å². The number of benzene rings is 2. The molecule has 0 saturated carbocycles. The number of nitrogens with zero attached hydrogens (tertiary/aromatic N) is 2. The number of aromatic nitrogens is 1. The molecular formula is C23H25ClN2O4S2. The number of hydrogen-bond donors (Lipinski definition) is 0. The highest BCUT2D eigenvalue weighted by Crippen LogP contribution is 2.36. The van der Waals surface area contributed by atoms with Gasteiger partial charge in [0, 0.05) is 13.0 Å². The zero-order valence-corrected chi connectivity index (χ0v) is 20.2. The molecule has 2 aromatic carbocycles. The number of amides is 1. The van der Waals surface area contributed by atoms with Crippen LogP contribution in [-0.4, -0.2) is 44.3 Å². The van der Waals surface area contributed by atoms with Gasteiger partial charge in [0.1, 0.15) is 0 Å². The average Bonchev–Trinajstić information content (AvgIpc) is 3.45. The summed E-state index contributed by atoms with van der Waals surface area (Å²) < 4.78 is 31.7. The summed E-state index contributed by atoms with van der Waals surface area (Å²) in [7, 11) is -3.43. The maximum absolute atomic E-state index is 13.2. The first-order valence-electron chi connectivity index (χ1n) is 10.6. The zero-order valence-electron chi connectivity index (χ0n) is 17.8. The summed E-state index contributed by atoms with van der Waals surface area (Å²) in [6.07, 6.45) is 2.16. The molecule has 1 fully saturated rings. The molecular weight excluding hydrogens is 468 g/mol. The van der Waals surface area contributed by atoms with Crippen LogP contribution in [0.25, 0.3) is 10.2 Å². The Hall–Kier alpha value is -2.00. The molecule has 1 aromatic heterocycles. The summed E-state index contributed by atoms with van der Waals surface area (Å²) in [4.78, 5) is 19.8. The quantitative estimate of drug-likeness (QED) is 0.441. The molecule has 1 aliphatic rings. The van der Waals surface area contributed by atoms with Gasteiger partial charge in [0.2, 0.25) is 5.91 Å². The maximum atomic E-state index is 13.2. The second kappa shape index (κ2) is 9.87. The maximum Gasteiger partial charge on any atom is 0.228 e. The second-order valence-corrected chi connectivity index (χ2v) is 11.4. The van der Waals surface area contributed by atoms with Crippen LogP contribution in [0, 0.1) is 6.92 Å². The lowest BCUT2D eigenvalue weighted by atomic mass is 10.2. The largest absolute Gasteiger partial charge is 0.376 e. The van der Waals surface area contributed by atoms with Crippen molar-refractivity contribution in [3.8, 4) is 0 Å². The molecule has 0 spiro atoms. The number of hydrogen-bond acceptors (Lipinski definition) is 6. The van der Waals surface area contributed by atoms with Crippen molar-refractivity contribution in [1.29, 1.82) is 0 Å². The monoisotopic (exact) mass is 492 g/mol. The van der Waals surface area contributed by atoms with Gasteiger partial charge in [-0.05, 0) is 49.9 Å². The molecule has 1 aliphatic heterocycles. The van der Waals surface area contributed by atoms with Gasteiger partial charge in [0.25, 0.3) is 0 Å². The summed E-state index contributed by atoms with van der Waals surface area (Å²) >= 11 is 7.75. The van der Waals surface area contributed by atoms with Crippen LogP contribution in [0.5, 0.6) is 0 Å². The van der Waals surface area contributed by atoms with Crippen molar-refractivity contribution in [3.63, 3.8) is 0 Å². The van der Waals surface area contributed by atoms with Gasteiger partial charge in [-0.1, -0.05) is 47.2 Å². The lowest BCUT2D eigenvalue weighted by molar-refractivity contribution is -0.119. The second-order valence-electron chi connectivity index (χ2n) is 7.91. The van der Waals surface area contributed by atoms with Crippen LogP contribution in [-0.2, 0) is 19.4 Å². The molecule has 4 rings (SSSR count). The SMILES string of the molecule is Cc1ccc(Cl)c2sc(N(CC3CCCO3)C(=O)CCCS(=O)(=O)c3ccccc3)nc12. The Morgan fingerprint density at radius 1 is 1.25 bits per heavy atom. The Kier molecular flexibility index (Phi) is 7.14. The van der Waals surface area contributed by atoms with E-state index in [1.807, 2.05) is 19.1 Å². The molecule has 170 valence electrons. The number of aryl methyl sites for hydroxylation is 1. The molecule has 0 radical (unpaired) electrons. The van der Waals surface area contributed by atoms with Gasteiger partial charge in [0.15, 0.2) is 15.0 Å². The molecule has 2 heterocycles. The lowest BCUT2D eigenvalue weighted by Crippen LogP contribution is -2.37. The van der Waals surface area contributed by atoms with E-state index in [2.05, 4.69) is 0 Å². The van der Waals surface area contributed by atoms with Gasteiger partial charge in [-0.2, -0.15) is 0 Å². The van der Waals surface area contributed by atoms with E-state index in [0.29, 0.717) is 23.3 Å². The topological polar surface area (TPSA) is 76.6 Å². The number of carbonyl (C=O) groups is 1. The third-order valence-electron chi connectivity index (χ3n) is 5.53. The first-order valence-corrected chi connectivity index (χ1v) is 13.5. The van der Waals surface area contributed by atoms with Crippen molar-refractivity contribution >= 4 is 54.0 Å². The number of anilines is 1. The highest BCUT2D eigenvalue weighted by Gasteiger charge is 2.27. The predicted octanol–water partition coefficient (Wildman–Crippen LogP) is 5.02. The molecule has 1 unspecified atom stereocenters. The third-order valence-corrected chi connectivity index (χ3v) is 8.89. The van der Waals surface area contributed by atoms with Crippen molar-refractivity contribution in [2.75, 3.05) is 23.8 Å². The number of sulfone groups is 1. The van der Waals surface area contributed by atoms with Crippen LogP contribution in [0.2, 0.25) is 5.02 Å². The molecule has 0 aliphatic carbocycles. The third kappa shape index (κ3) is 5.14. The zero-order chi connectivity index (χ0) is 22.7. The van der Waals surface area contributed by atoms with Crippen molar-refractivity contribution in [3.05, 3.63) is 53.1 Å². The summed E-state index contributed by atoms with van der Waals surface area (Å²) in [5, 5.41) is 1.18. The first kappa shape index (κ1) is 23.2. The fraction of sp³-hybridized carbons (Fsp3) is 0.391. The first-order chi connectivity index (χ1) is 15.3. The molecule has 9 heteroatoms. The molecule has 32 heavy (non-hydrogen) atoms. The average molecular weight is 493 g/mol. The van der Waals surface area contributed by atoms with E-state index in [1.165, 1.54) is 11.3 Å². The summed E-state index contributed by atoms with van der Waals surface area (Å²) in [5.74, 6) is -0.238. The normalized spacial score (nSPS) is 16.5. The Morgan fingerprint density at radius 2 is 2.03 bits per heavy atom. The van der Waals surface area contributed by atoms with Gasteiger partial charge < -0.3 is 4.74 Å². The van der Waals surface area contributed by atoms with Gasteiger partial charge in [-0.25, -0.2) is 13.4 Å². The minimum absolute atomic E-state index is 0.0458. The number of halogens is 1. The Bertz CT molecular complexity index is 1170. The molecule has 1 amide bonds. The molecule has 3 aromatic rings. The van der Waals surface area contributed by atoms with E-state index < -0.39 is 9.84 Å². The van der Waals surface area contributed by atoms with E-state index in [-0.39, 0.29) is 35.5 Å². The van der Waals surface area contributed by atoms with Crippen molar-refractivity contribution in [2.45, 2.75) is 43.6 Å². The number of fused-ring (bicyclic) bond motifs is 1. The minimum Gasteiger partial charge on any atom is -0.376 e. The van der Waals surface area contributed by atoms with E-state index in [4.69, 9.17) is 21.3 Å². The van der Waals surface area contributed by atoms with Crippen molar-refractivity contribution in [1.82, 2.24) is 4.98 Å². The van der Waals surface area contributed by atoms with Gasteiger partial charge in [-0.3, -0.25) is 9.69 Å². The van der Waals surface area contributed by atoms with Crippen LogP contribution in [0.1, 0.15) is 31.2 Å². The lowest BCUT2D eigenvalue weighted by Gasteiger charge is -2.23. The molecule has 0 bridgehead atoms. The fourth-order valence-electron chi connectivity index (χ4n) is 3.78. The molecule has 1 atom stereocenters. The number of thiazole rings is 1. The summed E-state index contributed by atoms with van der Waals surface area (Å²) in [6, 6.07) is 12.1. The Labute approximate surface area is 197 Å². The van der Waals surface area contributed by atoms with E-state index in [1.54, 1.807) is 35.2 Å². The van der Waals surface area contributed by atoms with Crippen molar-refractivity contribution < 1.29 is 17.9 Å². The van der Waals surface area contributed by atoms with Crippen LogP contribution in [0.4, 0.5) is 5.13 Å². The van der Waals surface area contributed by atoms with Gasteiger partial charge in [0.05, 0.1) is 38.5 Å². The standard InChI is InChI=1S/C23H25ClN2O4S2/c1-16-11-12-19(24)22-21(16)25-23(31-22)26(15-17-7-5-13-30-17)20(27)10-6-14-32(28,29)18-8-3-2-4-9-18/h2-4,8-9,11-12,17H,5-7,10,13-15H2,1H3.